The number of benzene rings is 1. The molecule has 1 fully saturated rings. The number of aromatic nitrogens is 4. The van der Waals surface area contributed by atoms with Crippen molar-refractivity contribution >= 4 is 48.5 Å². The third-order valence-electron chi connectivity index (χ3n) is 6.05. The number of hydrogen-bond donors (Lipinski definition) is 1. The Bertz CT molecular complexity index is 1520. The first kappa shape index (κ1) is 25.4. The lowest BCUT2D eigenvalue weighted by Crippen LogP contribution is -2.47. The lowest BCUT2D eigenvalue weighted by Gasteiger charge is -2.33. The molecular weight excluding hydrogens is 515 g/mol. The predicted molar refractivity (Wildman–Crippen MR) is 144 cm³/mol. The van der Waals surface area contributed by atoms with Gasteiger partial charge in [0, 0.05) is 58.6 Å². The Hall–Kier alpha value is -3.26. The van der Waals surface area contributed by atoms with Crippen LogP contribution < -0.4 is 10.2 Å². The van der Waals surface area contributed by atoms with Gasteiger partial charge in [0.25, 0.3) is 0 Å². The van der Waals surface area contributed by atoms with Gasteiger partial charge in [0.15, 0.2) is 10.9 Å². The molecule has 194 valence electrons. The van der Waals surface area contributed by atoms with E-state index in [2.05, 4.69) is 30.2 Å². The van der Waals surface area contributed by atoms with Gasteiger partial charge in [0.2, 0.25) is 16.0 Å². The van der Waals surface area contributed by atoms with Crippen LogP contribution in [-0.4, -0.2) is 84.1 Å². The Morgan fingerprint density at radius 1 is 1.05 bits per heavy atom. The number of hydrogen-bond acceptors (Lipinski definition) is 10. The summed E-state index contributed by atoms with van der Waals surface area (Å²) < 4.78 is 40.5. The molecule has 4 aromatic rings. The fourth-order valence-electron chi connectivity index (χ4n) is 4.06. The van der Waals surface area contributed by atoms with Crippen molar-refractivity contribution in [3.8, 4) is 11.3 Å². The van der Waals surface area contributed by atoms with Crippen LogP contribution in [0.3, 0.4) is 0 Å². The fraction of sp³-hybridized carbons (Fsp3) is 0.333. The summed E-state index contributed by atoms with van der Waals surface area (Å²) in [6.45, 7) is 3.00. The van der Waals surface area contributed by atoms with E-state index in [-0.39, 0.29) is 11.6 Å². The van der Waals surface area contributed by atoms with Crippen LogP contribution >= 0.6 is 11.3 Å². The molecule has 1 aliphatic heterocycles. The van der Waals surface area contributed by atoms with E-state index < -0.39 is 15.8 Å². The lowest BCUT2D eigenvalue weighted by molar-refractivity contribution is 0.182. The van der Waals surface area contributed by atoms with Gasteiger partial charge < -0.3 is 10.2 Å². The Morgan fingerprint density at radius 2 is 1.84 bits per heavy atom. The second-order valence-electron chi connectivity index (χ2n) is 9.08. The molecule has 37 heavy (non-hydrogen) atoms. The lowest BCUT2D eigenvalue weighted by atomic mass is 10.1. The number of halogens is 1. The topological polar surface area (TPSA) is 107 Å². The molecular formula is C24H27FN8O2S2. The second kappa shape index (κ2) is 10.2. The summed E-state index contributed by atoms with van der Waals surface area (Å²) in [7, 11) is 0.721. The highest BCUT2D eigenvalue weighted by Crippen LogP contribution is 2.32. The molecule has 0 spiro atoms. The van der Waals surface area contributed by atoms with Gasteiger partial charge in [-0.1, -0.05) is 23.5 Å². The van der Waals surface area contributed by atoms with Crippen molar-refractivity contribution in [2.75, 3.05) is 56.7 Å². The third-order valence-corrected chi connectivity index (χ3v) is 8.54. The standard InChI is InChI=1S/C24H27FN8O2S2/c1-31(2)24-28-19-6-5-17(12-20(19)36-24)22-18(25)14-27-23(30-22)29-21-7-4-16(13-26-21)15-32-8-10-33(11-9-32)37(3,34)35/h4-7,12-14H,8-11,15H2,1-3H3,(H,26,27,29,30). The molecule has 3 aromatic heterocycles. The van der Waals surface area contributed by atoms with E-state index in [0.29, 0.717) is 44.1 Å². The van der Waals surface area contributed by atoms with Crippen LogP contribution in [0.15, 0.2) is 42.7 Å². The van der Waals surface area contributed by atoms with Gasteiger partial charge in [-0.05, 0) is 23.8 Å². The molecule has 10 nitrogen and oxygen atoms in total. The summed E-state index contributed by atoms with van der Waals surface area (Å²) in [5.41, 5.74) is 2.70. The Kier molecular flexibility index (Phi) is 7.03. The first-order valence-corrected chi connectivity index (χ1v) is 14.3. The number of piperazine rings is 1. The number of nitrogens with one attached hydrogen (secondary N) is 1. The molecule has 5 rings (SSSR count). The molecule has 4 heterocycles. The first-order valence-electron chi connectivity index (χ1n) is 11.7. The number of anilines is 3. The molecule has 0 saturated carbocycles. The maximum absolute atomic E-state index is 14.7. The molecule has 0 radical (unpaired) electrons. The van der Waals surface area contributed by atoms with Crippen molar-refractivity contribution in [3.63, 3.8) is 0 Å². The molecule has 0 bridgehead atoms. The second-order valence-corrected chi connectivity index (χ2v) is 12.1. The molecule has 1 aliphatic rings. The number of fused-ring (bicyclic) bond motifs is 1. The van der Waals surface area contributed by atoms with Crippen molar-refractivity contribution in [3.05, 3.63) is 54.1 Å². The average molecular weight is 543 g/mol. The summed E-state index contributed by atoms with van der Waals surface area (Å²) in [6, 6.07) is 9.32. The summed E-state index contributed by atoms with van der Waals surface area (Å²) in [6.07, 6.45) is 4.15. The number of sulfonamides is 1. The van der Waals surface area contributed by atoms with Gasteiger partial charge in [-0.2, -0.15) is 4.31 Å². The zero-order chi connectivity index (χ0) is 26.2. The molecule has 0 unspecified atom stereocenters. The minimum absolute atomic E-state index is 0.198. The van der Waals surface area contributed by atoms with Gasteiger partial charge in [-0.3, -0.25) is 4.90 Å². The van der Waals surface area contributed by atoms with E-state index in [4.69, 9.17) is 0 Å². The van der Waals surface area contributed by atoms with Crippen LogP contribution in [0.25, 0.3) is 21.5 Å². The summed E-state index contributed by atoms with van der Waals surface area (Å²) in [5, 5.41) is 3.93. The molecule has 0 aliphatic carbocycles. The monoisotopic (exact) mass is 542 g/mol. The molecule has 0 amide bonds. The molecule has 1 aromatic carbocycles. The average Bonchev–Trinajstić information content (AvgIpc) is 3.30. The summed E-state index contributed by atoms with van der Waals surface area (Å²) in [5.74, 6) is 0.269. The highest BCUT2D eigenvalue weighted by atomic mass is 32.2. The van der Waals surface area contributed by atoms with Gasteiger partial charge >= 0.3 is 0 Å². The predicted octanol–water partition coefficient (Wildman–Crippen LogP) is 3.17. The largest absolute Gasteiger partial charge is 0.354 e. The Balaban J connectivity index is 1.26. The number of nitrogens with zero attached hydrogens (tertiary/aromatic N) is 7. The van der Waals surface area contributed by atoms with Crippen LogP contribution in [0.1, 0.15) is 5.56 Å². The van der Waals surface area contributed by atoms with E-state index in [1.165, 1.54) is 21.9 Å². The summed E-state index contributed by atoms with van der Waals surface area (Å²) in [4.78, 5) is 21.6. The van der Waals surface area contributed by atoms with Crippen molar-refractivity contribution in [1.29, 1.82) is 0 Å². The first-order chi connectivity index (χ1) is 17.7. The number of rotatable bonds is 7. The quantitative estimate of drug-likeness (QED) is 0.377. The summed E-state index contributed by atoms with van der Waals surface area (Å²) >= 11 is 1.53. The Morgan fingerprint density at radius 3 is 2.51 bits per heavy atom. The maximum atomic E-state index is 14.7. The Labute approximate surface area is 218 Å². The van der Waals surface area contributed by atoms with Crippen LogP contribution in [0.4, 0.5) is 21.3 Å². The smallest absolute Gasteiger partial charge is 0.229 e. The van der Waals surface area contributed by atoms with Crippen LogP contribution in [0.5, 0.6) is 0 Å². The molecule has 0 atom stereocenters. The van der Waals surface area contributed by atoms with E-state index in [9.17, 15) is 12.8 Å². The van der Waals surface area contributed by atoms with E-state index in [1.54, 1.807) is 12.3 Å². The van der Waals surface area contributed by atoms with E-state index >= 15 is 0 Å². The van der Waals surface area contributed by atoms with Gasteiger partial charge in [0.05, 0.1) is 22.7 Å². The molecule has 13 heteroatoms. The van der Waals surface area contributed by atoms with Crippen molar-refractivity contribution in [2.45, 2.75) is 6.54 Å². The van der Waals surface area contributed by atoms with Crippen LogP contribution in [-0.2, 0) is 16.6 Å². The zero-order valence-corrected chi connectivity index (χ0v) is 22.4. The maximum Gasteiger partial charge on any atom is 0.229 e. The van der Waals surface area contributed by atoms with Crippen LogP contribution in [0, 0.1) is 5.82 Å². The van der Waals surface area contributed by atoms with Crippen molar-refractivity contribution in [2.24, 2.45) is 0 Å². The minimum atomic E-state index is -3.15. The third kappa shape index (κ3) is 5.85. The SMILES string of the molecule is CN(C)c1nc2ccc(-c3nc(Nc4ccc(CN5CCN(S(C)(=O)=O)CC5)cn4)ncc3F)cc2s1. The van der Waals surface area contributed by atoms with E-state index in [0.717, 1.165) is 27.1 Å². The normalized spacial score (nSPS) is 15.2. The zero-order valence-electron chi connectivity index (χ0n) is 20.7. The van der Waals surface area contributed by atoms with Crippen molar-refractivity contribution < 1.29 is 12.8 Å². The van der Waals surface area contributed by atoms with Crippen molar-refractivity contribution in [1.82, 2.24) is 29.1 Å². The number of thiazole rings is 1. The number of pyridine rings is 1. The molecule has 1 saturated heterocycles. The van der Waals surface area contributed by atoms with E-state index in [1.807, 2.05) is 43.3 Å². The molecule has 1 N–H and O–H groups in total. The van der Waals surface area contributed by atoms with Gasteiger partial charge in [0.1, 0.15) is 11.5 Å². The van der Waals surface area contributed by atoms with Gasteiger partial charge in [-0.15, -0.1) is 0 Å². The minimum Gasteiger partial charge on any atom is -0.354 e. The highest BCUT2D eigenvalue weighted by Gasteiger charge is 2.23. The van der Waals surface area contributed by atoms with Gasteiger partial charge in [-0.25, -0.2) is 32.7 Å². The highest BCUT2D eigenvalue weighted by molar-refractivity contribution is 7.88. The fourth-order valence-corrected chi connectivity index (χ4v) is 5.82. The van der Waals surface area contributed by atoms with Crippen LogP contribution in [0.2, 0.25) is 0 Å².